The molecule has 5 heteroatoms. The Kier molecular flexibility index (Phi) is 3.87. The van der Waals surface area contributed by atoms with Crippen LogP contribution in [0.15, 0.2) is 18.3 Å². The van der Waals surface area contributed by atoms with Gasteiger partial charge in [0.2, 0.25) is 0 Å². The van der Waals surface area contributed by atoms with E-state index in [4.69, 9.17) is 16.3 Å². The summed E-state index contributed by atoms with van der Waals surface area (Å²) in [5.41, 5.74) is 1.96. The third-order valence-corrected chi connectivity index (χ3v) is 2.83. The van der Waals surface area contributed by atoms with Gasteiger partial charge in [0, 0.05) is 6.20 Å². The number of pyridine rings is 1. The first-order valence-electron chi connectivity index (χ1n) is 6.01. The number of rotatable bonds is 4. The van der Waals surface area contributed by atoms with Gasteiger partial charge >= 0.3 is 5.97 Å². The predicted octanol–water partition coefficient (Wildman–Crippen LogP) is 3.12. The molecule has 0 amide bonds. The summed E-state index contributed by atoms with van der Waals surface area (Å²) >= 11 is 5.96. The quantitative estimate of drug-likeness (QED) is 0.799. The molecule has 4 nitrogen and oxygen atoms in total. The van der Waals surface area contributed by atoms with Gasteiger partial charge in [-0.05, 0) is 25.5 Å². The summed E-state index contributed by atoms with van der Waals surface area (Å²) in [4.78, 5) is 16.5. The van der Waals surface area contributed by atoms with Crippen molar-refractivity contribution in [3.05, 3.63) is 34.7 Å². The van der Waals surface area contributed by atoms with Crippen LogP contribution in [-0.2, 0) is 11.2 Å². The number of esters is 1. The van der Waals surface area contributed by atoms with Gasteiger partial charge in [0.1, 0.15) is 5.65 Å². The molecule has 0 aliphatic rings. The average Bonchev–Trinajstić information content (AvgIpc) is 2.67. The van der Waals surface area contributed by atoms with Crippen molar-refractivity contribution >= 4 is 23.2 Å². The van der Waals surface area contributed by atoms with Gasteiger partial charge in [-0.2, -0.15) is 0 Å². The summed E-state index contributed by atoms with van der Waals surface area (Å²) in [5.74, 6) is -0.351. The van der Waals surface area contributed by atoms with Gasteiger partial charge in [0.25, 0.3) is 0 Å². The van der Waals surface area contributed by atoms with E-state index >= 15 is 0 Å². The van der Waals surface area contributed by atoms with Gasteiger partial charge in [-0.3, -0.25) is 4.40 Å². The molecule has 0 atom stereocenters. The van der Waals surface area contributed by atoms with Gasteiger partial charge in [-0.15, -0.1) is 0 Å². The van der Waals surface area contributed by atoms with E-state index < -0.39 is 0 Å². The first-order chi connectivity index (χ1) is 8.67. The Morgan fingerprint density at radius 1 is 1.44 bits per heavy atom. The van der Waals surface area contributed by atoms with E-state index in [1.165, 1.54) is 0 Å². The molecule has 0 fully saturated rings. The number of aryl methyl sites for hydroxylation is 1. The third-order valence-electron chi connectivity index (χ3n) is 2.61. The molecule has 0 aromatic carbocycles. The summed E-state index contributed by atoms with van der Waals surface area (Å²) in [6.45, 7) is 4.18. The maximum absolute atomic E-state index is 12.0. The second-order valence-electron chi connectivity index (χ2n) is 3.95. The fourth-order valence-electron chi connectivity index (χ4n) is 1.89. The standard InChI is InChI=1S/C13H15ClN2O2/c1-3-5-10-12(13(17)18-4-2)16-8-9(14)6-7-11(16)15-10/h6-8H,3-5H2,1-2H3. The van der Waals surface area contributed by atoms with Crippen LogP contribution in [0.2, 0.25) is 5.02 Å². The summed E-state index contributed by atoms with van der Waals surface area (Å²) in [6.07, 6.45) is 3.35. The van der Waals surface area contributed by atoms with Gasteiger partial charge in [0.05, 0.1) is 17.3 Å². The van der Waals surface area contributed by atoms with Crippen molar-refractivity contribution < 1.29 is 9.53 Å². The normalized spacial score (nSPS) is 10.8. The fourth-order valence-corrected chi connectivity index (χ4v) is 2.05. The molecule has 0 bridgehead atoms. The molecule has 0 saturated carbocycles. The number of halogens is 1. The predicted molar refractivity (Wildman–Crippen MR) is 70.2 cm³/mol. The van der Waals surface area contributed by atoms with E-state index in [0.29, 0.717) is 23.0 Å². The van der Waals surface area contributed by atoms with Gasteiger partial charge in [-0.25, -0.2) is 9.78 Å². The molecule has 2 rings (SSSR count). The lowest BCUT2D eigenvalue weighted by Gasteiger charge is -2.04. The lowest BCUT2D eigenvalue weighted by Crippen LogP contribution is -2.10. The molecule has 2 aromatic heterocycles. The molecule has 0 saturated heterocycles. The lowest BCUT2D eigenvalue weighted by atomic mass is 10.2. The highest BCUT2D eigenvalue weighted by Gasteiger charge is 2.19. The van der Waals surface area contributed by atoms with Crippen LogP contribution in [-0.4, -0.2) is 22.0 Å². The first-order valence-corrected chi connectivity index (χ1v) is 6.38. The van der Waals surface area contributed by atoms with E-state index in [1.54, 1.807) is 29.7 Å². The lowest BCUT2D eigenvalue weighted by molar-refractivity contribution is 0.0517. The van der Waals surface area contributed by atoms with E-state index in [2.05, 4.69) is 4.98 Å². The second kappa shape index (κ2) is 5.40. The first kappa shape index (κ1) is 12.9. The number of hydrogen-bond acceptors (Lipinski definition) is 3. The Labute approximate surface area is 111 Å². The molecule has 0 radical (unpaired) electrons. The molecule has 18 heavy (non-hydrogen) atoms. The van der Waals surface area contributed by atoms with Crippen molar-refractivity contribution in [1.82, 2.24) is 9.38 Å². The van der Waals surface area contributed by atoms with Gasteiger partial charge in [-0.1, -0.05) is 24.9 Å². The monoisotopic (exact) mass is 266 g/mol. The van der Waals surface area contributed by atoms with E-state index in [1.807, 2.05) is 6.92 Å². The molecule has 2 heterocycles. The number of fused-ring (bicyclic) bond motifs is 1. The summed E-state index contributed by atoms with van der Waals surface area (Å²) < 4.78 is 6.78. The largest absolute Gasteiger partial charge is 0.461 e. The Bertz CT molecular complexity index is 578. The minimum Gasteiger partial charge on any atom is -0.461 e. The van der Waals surface area contributed by atoms with Crippen LogP contribution >= 0.6 is 11.6 Å². The van der Waals surface area contributed by atoms with Crippen LogP contribution in [0.25, 0.3) is 5.65 Å². The minimum absolute atomic E-state index is 0.345. The number of aromatic nitrogens is 2. The van der Waals surface area contributed by atoms with E-state index in [-0.39, 0.29) is 5.97 Å². The Hall–Kier alpha value is -1.55. The zero-order valence-corrected chi connectivity index (χ0v) is 11.2. The molecule has 0 aliphatic heterocycles. The van der Waals surface area contributed by atoms with E-state index in [0.717, 1.165) is 18.5 Å². The molecular weight excluding hydrogens is 252 g/mol. The number of nitrogens with zero attached hydrogens (tertiary/aromatic N) is 2. The van der Waals surface area contributed by atoms with Crippen molar-refractivity contribution in [3.63, 3.8) is 0 Å². The third kappa shape index (κ3) is 2.34. The molecular formula is C13H15ClN2O2. The number of carbonyl (C=O) groups is 1. The maximum atomic E-state index is 12.0. The summed E-state index contributed by atoms with van der Waals surface area (Å²) in [7, 11) is 0. The Balaban J connectivity index is 2.60. The van der Waals surface area contributed by atoms with Gasteiger partial charge in [0.15, 0.2) is 5.69 Å². The highest BCUT2D eigenvalue weighted by Crippen LogP contribution is 2.18. The van der Waals surface area contributed by atoms with Crippen molar-refractivity contribution in [3.8, 4) is 0 Å². The zero-order valence-electron chi connectivity index (χ0n) is 10.4. The molecule has 0 spiro atoms. The van der Waals surface area contributed by atoms with Crippen LogP contribution in [0, 0.1) is 0 Å². The van der Waals surface area contributed by atoms with Crippen LogP contribution in [0.3, 0.4) is 0 Å². The molecule has 0 unspecified atom stereocenters. The SMILES string of the molecule is CCCc1nc2ccc(Cl)cn2c1C(=O)OCC. The van der Waals surface area contributed by atoms with Crippen molar-refractivity contribution in [2.24, 2.45) is 0 Å². The number of carbonyl (C=O) groups excluding carboxylic acids is 1. The fraction of sp³-hybridized carbons (Fsp3) is 0.385. The number of ether oxygens (including phenoxy) is 1. The number of imidazole rings is 1. The Morgan fingerprint density at radius 2 is 2.22 bits per heavy atom. The summed E-state index contributed by atoms with van der Waals surface area (Å²) in [6, 6.07) is 3.55. The van der Waals surface area contributed by atoms with Crippen molar-refractivity contribution in [1.29, 1.82) is 0 Å². The maximum Gasteiger partial charge on any atom is 0.357 e. The molecule has 0 aliphatic carbocycles. The highest BCUT2D eigenvalue weighted by molar-refractivity contribution is 6.30. The van der Waals surface area contributed by atoms with Crippen LogP contribution in [0.4, 0.5) is 0 Å². The van der Waals surface area contributed by atoms with Crippen LogP contribution < -0.4 is 0 Å². The zero-order chi connectivity index (χ0) is 13.1. The Morgan fingerprint density at radius 3 is 2.89 bits per heavy atom. The molecule has 2 aromatic rings. The molecule has 0 N–H and O–H groups in total. The number of hydrogen-bond donors (Lipinski definition) is 0. The van der Waals surface area contributed by atoms with Crippen molar-refractivity contribution in [2.75, 3.05) is 6.61 Å². The van der Waals surface area contributed by atoms with E-state index in [9.17, 15) is 4.79 Å². The van der Waals surface area contributed by atoms with Crippen LogP contribution in [0.5, 0.6) is 0 Å². The second-order valence-corrected chi connectivity index (χ2v) is 4.39. The highest BCUT2D eigenvalue weighted by atomic mass is 35.5. The van der Waals surface area contributed by atoms with Crippen molar-refractivity contribution in [2.45, 2.75) is 26.7 Å². The molecule has 96 valence electrons. The minimum atomic E-state index is -0.351. The smallest absolute Gasteiger partial charge is 0.357 e. The van der Waals surface area contributed by atoms with Crippen LogP contribution in [0.1, 0.15) is 36.5 Å². The average molecular weight is 267 g/mol. The topological polar surface area (TPSA) is 43.6 Å². The van der Waals surface area contributed by atoms with Gasteiger partial charge < -0.3 is 4.74 Å². The summed E-state index contributed by atoms with van der Waals surface area (Å²) in [5, 5.41) is 0.563.